The van der Waals surface area contributed by atoms with Crippen molar-refractivity contribution in [3.63, 3.8) is 0 Å². The monoisotopic (exact) mass is 355 g/mol. The number of pyridine rings is 1. The minimum atomic E-state index is 0.538. The van der Waals surface area contributed by atoms with Crippen LogP contribution in [0.25, 0.3) is 22.3 Å². The number of hydrogen-bond donors (Lipinski definition) is 0. The van der Waals surface area contributed by atoms with E-state index in [2.05, 4.69) is 40.9 Å². The van der Waals surface area contributed by atoms with Crippen LogP contribution in [0.3, 0.4) is 0 Å². The van der Waals surface area contributed by atoms with E-state index < -0.39 is 0 Å². The normalized spacial score (nSPS) is 12.1. The van der Waals surface area contributed by atoms with Crippen LogP contribution in [0.15, 0.2) is 73.1 Å². The maximum Gasteiger partial charge on any atom is 0.230 e. The highest BCUT2D eigenvalue weighted by atomic mass is 16.5. The summed E-state index contributed by atoms with van der Waals surface area (Å²) in [5, 5.41) is 0.885. The molecule has 0 amide bonds. The molecule has 0 aliphatic heterocycles. The topological polar surface area (TPSA) is 47.9 Å². The van der Waals surface area contributed by atoms with E-state index >= 15 is 0 Å². The fraction of sp³-hybridized carbons (Fsp3) is 0.174. The predicted octanol–water partition coefficient (Wildman–Crippen LogP) is 6.00. The molecule has 0 saturated heterocycles. The van der Waals surface area contributed by atoms with Crippen molar-refractivity contribution in [2.24, 2.45) is 0 Å². The van der Waals surface area contributed by atoms with Crippen molar-refractivity contribution in [3.05, 3.63) is 78.6 Å². The van der Waals surface area contributed by atoms with Gasteiger partial charge in [0.1, 0.15) is 5.75 Å². The van der Waals surface area contributed by atoms with Crippen molar-refractivity contribution in [2.75, 3.05) is 0 Å². The van der Waals surface area contributed by atoms with Gasteiger partial charge in [0.05, 0.1) is 10.9 Å². The number of ether oxygens (including phenoxy) is 1. The van der Waals surface area contributed by atoms with Crippen LogP contribution < -0.4 is 4.74 Å². The van der Waals surface area contributed by atoms with Gasteiger partial charge in [-0.1, -0.05) is 38.1 Å². The number of benzene rings is 2. The lowest BCUT2D eigenvalue weighted by Gasteiger charge is -2.12. The SMILES string of the molecule is CC[C@H](C)c1ccc(Oc2nc(-c3cccnc3)nc3ccccc23)cc1. The van der Waals surface area contributed by atoms with Crippen LogP contribution in [-0.4, -0.2) is 15.0 Å². The lowest BCUT2D eigenvalue weighted by molar-refractivity contribution is 0.468. The highest BCUT2D eigenvalue weighted by Crippen LogP contribution is 2.30. The van der Waals surface area contributed by atoms with Crippen LogP contribution in [0.2, 0.25) is 0 Å². The molecule has 1 atom stereocenters. The Morgan fingerprint density at radius 2 is 1.74 bits per heavy atom. The molecule has 2 aromatic heterocycles. The molecule has 0 saturated carbocycles. The Hall–Kier alpha value is -3.27. The third kappa shape index (κ3) is 3.65. The summed E-state index contributed by atoms with van der Waals surface area (Å²) in [6.45, 7) is 4.43. The van der Waals surface area contributed by atoms with Gasteiger partial charge < -0.3 is 4.74 Å². The van der Waals surface area contributed by atoms with Gasteiger partial charge in [0.2, 0.25) is 5.88 Å². The van der Waals surface area contributed by atoms with Crippen molar-refractivity contribution in [2.45, 2.75) is 26.2 Å². The van der Waals surface area contributed by atoms with Gasteiger partial charge in [-0.3, -0.25) is 4.98 Å². The van der Waals surface area contributed by atoms with Gasteiger partial charge in [0.15, 0.2) is 5.82 Å². The summed E-state index contributed by atoms with van der Waals surface area (Å²) in [5.74, 6) is 2.46. The average Bonchev–Trinajstić information content (AvgIpc) is 2.74. The van der Waals surface area contributed by atoms with E-state index in [1.807, 2.05) is 48.5 Å². The number of fused-ring (bicyclic) bond motifs is 1. The molecule has 2 aromatic carbocycles. The van der Waals surface area contributed by atoms with Crippen molar-refractivity contribution in [1.29, 1.82) is 0 Å². The molecule has 4 rings (SSSR count). The van der Waals surface area contributed by atoms with Gasteiger partial charge in [-0.05, 0) is 54.3 Å². The minimum Gasteiger partial charge on any atom is -0.438 e. The summed E-state index contributed by atoms with van der Waals surface area (Å²) in [5.41, 5.74) is 3.02. The lowest BCUT2D eigenvalue weighted by Crippen LogP contribution is -1.97. The summed E-state index contributed by atoms with van der Waals surface area (Å²) >= 11 is 0. The maximum absolute atomic E-state index is 6.15. The molecular weight excluding hydrogens is 334 g/mol. The van der Waals surface area contributed by atoms with Crippen LogP contribution in [0.4, 0.5) is 0 Å². The van der Waals surface area contributed by atoms with Gasteiger partial charge in [0.25, 0.3) is 0 Å². The molecule has 2 heterocycles. The molecule has 4 nitrogen and oxygen atoms in total. The number of rotatable bonds is 5. The Labute approximate surface area is 158 Å². The zero-order chi connectivity index (χ0) is 18.6. The first-order chi connectivity index (χ1) is 13.2. The standard InChI is InChI=1S/C23H21N3O/c1-3-16(2)17-10-12-19(13-11-17)27-23-20-8-4-5-9-21(20)25-22(26-23)18-7-6-14-24-15-18/h4-16H,3H2,1-2H3/t16-/m0/s1. The van der Waals surface area contributed by atoms with Gasteiger partial charge in [-0.15, -0.1) is 0 Å². The summed E-state index contributed by atoms with van der Waals surface area (Å²) in [7, 11) is 0. The lowest BCUT2D eigenvalue weighted by atomic mass is 9.99. The van der Waals surface area contributed by atoms with Crippen molar-refractivity contribution in [1.82, 2.24) is 15.0 Å². The molecule has 0 N–H and O–H groups in total. The molecule has 4 heteroatoms. The average molecular weight is 355 g/mol. The van der Waals surface area contributed by atoms with E-state index in [9.17, 15) is 0 Å². The van der Waals surface area contributed by atoms with E-state index in [4.69, 9.17) is 4.74 Å². The molecule has 0 aliphatic rings. The number of nitrogens with zero attached hydrogens (tertiary/aromatic N) is 3. The zero-order valence-electron chi connectivity index (χ0n) is 15.5. The predicted molar refractivity (Wildman–Crippen MR) is 108 cm³/mol. The molecule has 134 valence electrons. The Balaban J connectivity index is 1.74. The molecule has 27 heavy (non-hydrogen) atoms. The van der Waals surface area contributed by atoms with E-state index in [1.54, 1.807) is 12.4 Å². The number of aromatic nitrogens is 3. The Morgan fingerprint density at radius 1 is 0.926 bits per heavy atom. The van der Waals surface area contributed by atoms with E-state index in [1.165, 1.54) is 5.56 Å². The quantitative estimate of drug-likeness (QED) is 0.441. The van der Waals surface area contributed by atoms with Crippen LogP contribution in [0.5, 0.6) is 11.6 Å². The first kappa shape index (κ1) is 17.2. The zero-order valence-corrected chi connectivity index (χ0v) is 15.5. The molecule has 0 radical (unpaired) electrons. The van der Waals surface area contributed by atoms with Crippen LogP contribution in [0, 0.1) is 0 Å². The van der Waals surface area contributed by atoms with E-state index in [-0.39, 0.29) is 0 Å². The second-order valence-corrected chi connectivity index (χ2v) is 6.59. The molecule has 0 fully saturated rings. The van der Waals surface area contributed by atoms with Crippen molar-refractivity contribution >= 4 is 10.9 Å². The molecule has 0 aliphatic carbocycles. The van der Waals surface area contributed by atoms with Crippen LogP contribution in [-0.2, 0) is 0 Å². The molecule has 4 aromatic rings. The Kier molecular flexibility index (Phi) is 4.79. The van der Waals surface area contributed by atoms with E-state index in [0.717, 1.165) is 28.6 Å². The first-order valence-electron chi connectivity index (χ1n) is 9.19. The van der Waals surface area contributed by atoms with Gasteiger partial charge in [-0.2, -0.15) is 4.98 Å². The summed E-state index contributed by atoms with van der Waals surface area (Å²) in [6, 6.07) is 19.9. The largest absolute Gasteiger partial charge is 0.438 e. The fourth-order valence-corrected chi connectivity index (χ4v) is 2.96. The summed E-state index contributed by atoms with van der Waals surface area (Å²) < 4.78 is 6.15. The van der Waals surface area contributed by atoms with Crippen molar-refractivity contribution in [3.8, 4) is 23.0 Å². The molecular formula is C23H21N3O. The van der Waals surface area contributed by atoms with Crippen LogP contribution in [0.1, 0.15) is 31.7 Å². The highest BCUT2D eigenvalue weighted by Gasteiger charge is 2.12. The second kappa shape index (κ2) is 7.54. The third-order valence-corrected chi connectivity index (χ3v) is 4.76. The minimum absolute atomic E-state index is 0.538. The maximum atomic E-state index is 6.15. The molecule has 0 spiro atoms. The smallest absolute Gasteiger partial charge is 0.230 e. The summed E-state index contributed by atoms with van der Waals surface area (Å²) in [6.07, 6.45) is 4.61. The Bertz CT molecular complexity index is 1050. The van der Waals surface area contributed by atoms with Gasteiger partial charge >= 0.3 is 0 Å². The number of hydrogen-bond acceptors (Lipinski definition) is 4. The second-order valence-electron chi connectivity index (χ2n) is 6.59. The van der Waals surface area contributed by atoms with E-state index in [0.29, 0.717) is 17.6 Å². The highest BCUT2D eigenvalue weighted by molar-refractivity contribution is 5.85. The third-order valence-electron chi connectivity index (χ3n) is 4.76. The van der Waals surface area contributed by atoms with Crippen LogP contribution >= 0.6 is 0 Å². The van der Waals surface area contributed by atoms with Crippen molar-refractivity contribution < 1.29 is 4.74 Å². The number of para-hydroxylation sites is 1. The Morgan fingerprint density at radius 3 is 2.48 bits per heavy atom. The first-order valence-corrected chi connectivity index (χ1v) is 9.19. The summed E-state index contributed by atoms with van der Waals surface area (Å²) in [4.78, 5) is 13.5. The molecule has 0 unspecified atom stereocenters. The van der Waals surface area contributed by atoms with Gasteiger partial charge in [-0.25, -0.2) is 4.98 Å². The van der Waals surface area contributed by atoms with Gasteiger partial charge in [0, 0.05) is 18.0 Å². The molecule has 0 bridgehead atoms. The fourth-order valence-electron chi connectivity index (χ4n) is 2.96.